The Hall–Kier alpha value is -2.73. The SMILES string of the molecule is COc1ccc(-c2nc(C(=O)N(C)Cc3cccc(F)c3)cs2)cc1. The van der Waals surface area contributed by atoms with E-state index in [0.29, 0.717) is 12.2 Å². The van der Waals surface area contributed by atoms with E-state index in [1.165, 1.54) is 28.4 Å². The minimum Gasteiger partial charge on any atom is -0.497 e. The Kier molecular flexibility index (Phi) is 5.09. The van der Waals surface area contributed by atoms with Crippen LogP contribution in [0.5, 0.6) is 5.75 Å². The maximum Gasteiger partial charge on any atom is 0.273 e. The van der Waals surface area contributed by atoms with Crippen molar-refractivity contribution in [1.82, 2.24) is 9.88 Å². The van der Waals surface area contributed by atoms with Gasteiger partial charge >= 0.3 is 0 Å². The molecule has 0 N–H and O–H groups in total. The first-order valence-corrected chi connectivity index (χ1v) is 8.54. The Balaban J connectivity index is 1.73. The molecule has 25 heavy (non-hydrogen) atoms. The second-order valence-electron chi connectivity index (χ2n) is 5.56. The van der Waals surface area contributed by atoms with Crippen LogP contribution in [0.3, 0.4) is 0 Å². The predicted molar refractivity (Wildman–Crippen MR) is 96.3 cm³/mol. The van der Waals surface area contributed by atoms with Gasteiger partial charge in [0.1, 0.15) is 22.3 Å². The number of benzene rings is 2. The Morgan fingerprint density at radius 3 is 2.68 bits per heavy atom. The normalized spacial score (nSPS) is 10.5. The summed E-state index contributed by atoms with van der Waals surface area (Å²) in [5, 5.41) is 2.51. The van der Waals surface area contributed by atoms with E-state index in [9.17, 15) is 9.18 Å². The lowest BCUT2D eigenvalue weighted by molar-refractivity contribution is 0.0780. The summed E-state index contributed by atoms with van der Waals surface area (Å²) in [6.45, 7) is 0.325. The average Bonchev–Trinajstić information content (AvgIpc) is 3.11. The van der Waals surface area contributed by atoms with Gasteiger partial charge in [-0.1, -0.05) is 12.1 Å². The molecule has 128 valence electrons. The summed E-state index contributed by atoms with van der Waals surface area (Å²) in [6.07, 6.45) is 0. The van der Waals surface area contributed by atoms with Crippen LogP contribution in [0.4, 0.5) is 4.39 Å². The van der Waals surface area contributed by atoms with E-state index in [-0.39, 0.29) is 11.7 Å². The molecule has 6 heteroatoms. The van der Waals surface area contributed by atoms with Crippen LogP contribution in [0.2, 0.25) is 0 Å². The van der Waals surface area contributed by atoms with Crippen molar-refractivity contribution in [2.45, 2.75) is 6.54 Å². The lowest BCUT2D eigenvalue weighted by Crippen LogP contribution is -2.26. The molecule has 0 saturated carbocycles. The maximum absolute atomic E-state index is 13.3. The number of carbonyl (C=O) groups is 1. The highest BCUT2D eigenvalue weighted by molar-refractivity contribution is 7.13. The molecule has 1 amide bonds. The van der Waals surface area contributed by atoms with E-state index in [4.69, 9.17) is 4.74 Å². The Bertz CT molecular complexity index is 877. The van der Waals surface area contributed by atoms with Crippen molar-refractivity contribution < 1.29 is 13.9 Å². The number of aromatic nitrogens is 1. The van der Waals surface area contributed by atoms with E-state index in [1.807, 2.05) is 24.3 Å². The minimum atomic E-state index is -0.311. The number of hydrogen-bond acceptors (Lipinski definition) is 4. The zero-order valence-electron chi connectivity index (χ0n) is 13.9. The number of hydrogen-bond donors (Lipinski definition) is 0. The Morgan fingerprint density at radius 1 is 1.24 bits per heavy atom. The standard InChI is InChI=1S/C19H17FN2O2S/c1-22(11-13-4-3-5-15(20)10-13)19(23)17-12-25-18(21-17)14-6-8-16(24-2)9-7-14/h3-10,12H,11H2,1-2H3. The molecule has 2 aromatic carbocycles. The molecule has 0 radical (unpaired) electrons. The van der Waals surface area contributed by atoms with E-state index in [0.717, 1.165) is 21.9 Å². The quantitative estimate of drug-likeness (QED) is 0.687. The van der Waals surface area contributed by atoms with E-state index >= 15 is 0 Å². The van der Waals surface area contributed by atoms with Gasteiger partial charge in [0.15, 0.2) is 0 Å². The van der Waals surface area contributed by atoms with Gasteiger partial charge in [-0.15, -0.1) is 11.3 Å². The molecular formula is C19H17FN2O2S. The van der Waals surface area contributed by atoms with Crippen LogP contribution >= 0.6 is 11.3 Å². The molecule has 0 atom stereocenters. The molecule has 3 rings (SSSR count). The average molecular weight is 356 g/mol. The minimum absolute atomic E-state index is 0.194. The van der Waals surface area contributed by atoms with Crippen molar-refractivity contribution in [1.29, 1.82) is 0 Å². The Morgan fingerprint density at radius 2 is 2.00 bits per heavy atom. The van der Waals surface area contributed by atoms with E-state index in [1.54, 1.807) is 31.7 Å². The van der Waals surface area contributed by atoms with Gasteiger partial charge in [0.2, 0.25) is 0 Å². The van der Waals surface area contributed by atoms with Gasteiger partial charge in [0.05, 0.1) is 7.11 Å². The molecule has 0 fully saturated rings. The first-order valence-electron chi connectivity index (χ1n) is 7.66. The summed E-state index contributed by atoms with van der Waals surface area (Å²) in [4.78, 5) is 18.5. The summed E-state index contributed by atoms with van der Waals surface area (Å²) in [6, 6.07) is 13.7. The van der Waals surface area contributed by atoms with Crippen molar-refractivity contribution in [2.24, 2.45) is 0 Å². The van der Waals surface area contributed by atoms with Gasteiger partial charge < -0.3 is 9.64 Å². The fourth-order valence-electron chi connectivity index (χ4n) is 2.41. The van der Waals surface area contributed by atoms with E-state index < -0.39 is 0 Å². The lowest BCUT2D eigenvalue weighted by atomic mass is 10.2. The summed E-state index contributed by atoms with van der Waals surface area (Å²) in [5.41, 5.74) is 2.05. The fourth-order valence-corrected chi connectivity index (χ4v) is 3.21. The molecule has 1 aromatic heterocycles. The molecule has 0 bridgehead atoms. The van der Waals surface area contributed by atoms with Gasteiger partial charge in [-0.05, 0) is 42.0 Å². The molecule has 0 saturated heterocycles. The monoisotopic (exact) mass is 356 g/mol. The van der Waals surface area contributed by atoms with Crippen molar-refractivity contribution in [2.75, 3.05) is 14.2 Å². The molecule has 0 aliphatic carbocycles. The molecule has 0 aliphatic rings. The summed E-state index contributed by atoms with van der Waals surface area (Å²) < 4.78 is 18.4. The van der Waals surface area contributed by atoms with Crippen molar-refractivity contribution in [3.8, 4) is 16.3 Å². The summed E-state index contributed by atoms with van der Waals surface area (Å²) >= 11 is 1.41. The molecule has 0 unspecified atom stereocenters. The number of amides is 1. The van der Waals surface area contributed by atoms with Crippen LogP contribution in [0.25, 0.3) is 10.6 Å². The number of ether oxygens (including phenoxy) is 1. The van der Waals surface area contributed by atoms with Crippen LogP contribution in [0.15, 0.2) is 53.9 Å². The lowest BCUT2D eigenvalue weighted by Gasteiger charge is -2.16. The summed E-state index contributed by atoms with van der Waals surface area (Å²) in [7, 11) is 3.29. The number of rotatable bonds is 5. The zero-order valence-corrected chi connectivity index (χ0v) is 14.7. The van der Waals surface area contributed by atoms with Gasteiger partial charge in [0, 0.05) is 24.5 Å². The molecule has 1 heterocycles. The van der Waals surface area contributed by atoms with Crippen molar-refractivity contribution in [3.05, 3.63) is 71.0 Å². The molecule has 3 aromatic rings. The zero-order chi connectivity index (χ0) is 17.8. The third kappa shape index (κ3) is 4.03. The first-order chi connectivity index (χ1) is 12.1. The third-order valence-electron chi connectivity index (χ3n) is 3.72. The van der Waals surface area contributed by atoms with Gasteiger partial charge in [-0.25, -0.2) is 9.37 Å². The predicted octanol–water partition coefficient (Wildman–Crippen LogP) is 4.23. The second kappa shape index (κ2) is 7.44. The number of nitrogens with zero attached hydrogens (tertiary/aromatic N) is 2. The van der Waals surface area contributed by atoms with Crippen molar-refractivity contribution >= 4 is 17.2 Å². The van der Waals surface area contributed by atoms with E-state index in [2.05, 4.69) is 4.98 Å². The number of methoxy groups -OCH3 is 1. The third-order valence-corrected chi connectivity index (χ3v) is 4.61. The number of carbonyl (C=O) groups excluding carboxylic acids is 1. The van der Waals surface area contributed by atoms with Crippen molar-refractivity contribution in [3.63, 3.8) is 0 Å². The van der Waals surface area contributed by atoms with Crippen LogP contribution in [-0.4, -0.2) is 29.9 Å². The van der Waals surface area contributed by atoms with Gasteiger partial charge in [0.25, 0.3) is 5.91 Å². The van der Waals surface area contributed by atoms with Gasteiger partial charge in [-0.2, -0.15) is 0 Å². The topological polar surface area (TPSA) is 42.4 Å². The molecular weight excluding hydrogens is 339 g/mol. The fraction of sp³-hybridized carbons (Fsp3) is 0.158. The Labute approximate surface area is 149 Å². The smallest absolute Gasteiger partial charge is 0.273 e. The number of thiazole rings is 1. The highest BCUT2D eigenvalue weighted by Crippen LogP contribution is 2.26. The van der Waals surface area contributed by atoms with Crippen LogP contribution in [-0.2, 0) is 6.54 Å². The number of halogens is 1. The van der Waals surface area contributed by atoms with Crippen LogP contribution in [0.1, 0.15) is 16.1 Å². The molecule has 0 spiro atoms. The largest absolute Gasteiger partial charge is 0.497 e. The van der Waals surface area contributed by atoms with Gasteiger partial charge in [-0.3, -0.25) is 4.79 Å². The van der Waals surface area contributed by atoms with Crippen LogP contribution in [0, 0.1) is 5.82 Å². The van der Waals surface area contributed by atoms with Crippen LogP contribution < -0.4 is 4.74 Å². The maximum atomic E-state index is 13.3. The highest BCUT2D eigenvalue weighted by Gasteiger charge is 2.16. The highest BCUT2D eigenvalue weighted by atomic mass is 32.1. The second-order valence-corrected chi connectivity index (χ2v) is 6.42. The first kappa shape index (κ1) is 17.1. The molecule has 4 nitrogen and oxygen atoms in total. The molecule has 0 aliphatic heterocycles. The summed E-state index contributed by atoms with van der Waals surface area (Å²) in [5.74, 6) is 0.264.